The molecule has 30 heavy (non-hydrogen) atoms. The maximum absolute atomic E-state index is 13.4. The van der Waals surface area contributed by atoms with Gasteiger partial charge in [-0.3, -0.25) is 9.69 Å². The summed E-state index contributed by atoms with van der Waals surface area (Å²) in [6, 6.07) is 17.2. The lowest BCUT2D eigenvalue weighted by Crippen LogP contribution is -2.64. The number of β-amino-alcohol motifs (C(OH)–C–C–N with tert-alkyl or cyclic N) is 1. The summed E-state index contributed by atoms with van der Waals surface area (Å²) in [6.45, 7) is 10.2. The van der Waals surface area contributed by atoms with Crippen LogP contribution < -0.4 is 10.2 Å². The number of aliphatic hydroxyl groups is 1. The van der Waals surface area contributed by atoms with Gasteiger partial charge in [-0.25, -0.2) is 0 Å². The third-order valence-electron chi connectivity index (χ3n) is 6.47. The Bertz CT molecular complexity index is 923. The number of nitrogens with one attached hydrogen (secondary N) is 1. The first-order chi connectivity index (χ1) is 14.2. The summed E-state index contributed by atoms with van der Waals surface area (Å²) in [6.07, 6.45) is 0.848. The van der Waals surface area contributed by atoms with Gasteiger partial charge in [0.05, 0.1) is 6.54 Å². The third-order valence-corrected chi connectivity index (χ3v) is 6.47. The summed E-state index contributed by atoms with van der Waals surface area (Å²) in [5.74, 6) is 0.0491. The van der Waals surface area contributed by atoms with Crippen molar-refractivity contribution in [2.45, 2.75) is 51.3 Å². The number of benzene rings is 2. The Hall–Kier alpha value is -2.21. The van der Waals surface area contributed by atoms with Crippen LogP contribution in [0.4, 0.5) is 5.69 Å². The van der Waals surface area contributed by atoms with Crippen LogP contribution in [-0.4, -0.2) is 53.9 Å². The number of piperazine rings is 1. The minimum Gasteiger partial charge on any atom is -0.375 e. The van der Waals surface area contributed by atoms with Crippen molar-refractivity contribution in [3.63, 3.8) is 0 Å². The second kappa shape index (κ2) is 7.80. The van der Waals surface area contributed by atoms with Crippen LogP contribution in [0.1, 0.15) is 44.4 Å². The molecule has 2 heterocycles. The van der Waals surface area contributed by atoms with Crippen LogP contribution in [0, 0.1) is 0 Å². The Labute approximate surface area is 179 Å². The maximum atomic E-state index is 13.4. The number of carbonyl (C=O) groups excluding carboxylic acids is 1. The van der Waals surface area contributed by atoms with Crippen LogP contribution in [0.15, 0.2) is 48.5 Å². The average molecular weight is 408 g/mol. The molecule has 2 atom stereocenters. The highest BCUT2D eigenvalue weighted by atomic mass is 16.3. The third kappa shape index (κ3) is 4.15. The highest BCUT2D eigenvalue weighted by Gasteiger charge is 2.41. The molecule has 0 unspecified atom stereocenters. The Kier molecular flexibility index (Phi) is 5.47. The van der Waals surface area contributed by atoms with Gasteiger partial charge in [0.15, 0.2) is 0 Å². The highest BCUT2D eigenvalue weighted by molar-refractivity contribution is 5.97. The van der Waals surface area contributed by atoms with Gasteiger partial charge in [0.25, 0.3) is 0 Å². The molecule has 2 aliphatic heterocycles. The number of rotatable bonds is 4. The summed E-state index contributed by atoms with van der Waals surface area (Å²) in [5.41, 5.74) is 3.59. The molecule has 1 amide bonds. The van der Waals surface area contributed by atoms with Gasteiger partial charge in [-0.1, -0.05) is 56.3 Å². The number of carbonyl (C=O) groups is 1. The van der Waals surface area contributed by atoms with Crippen molar-refractivity contribution < 1.29 is 9.90 Å². The number of hydrogen-bond acceptors (Lipinski definition) is 4. The van der Waals surface area contributed by atoms with E-state index < -0.39 is 5.72 Å². The molecular weight excluding hydrogens is 374 g/mol. The van der Waals surface area contributed by atoms with E-state index >= 15 is 0 Å². The lowest BCUT2D eigenvalue weighted by Gasteiger charge is -2.43. The van der Waals surface area contributed by atoms with Crippen LogP contribution in [0.2, 0.25) is 0 Å². The molecule has 2 N–H and O–H groups in total. The van der Waals surface area contributed by atoms with Crippen molar-refractivity contribution in [3.8, 4) is 0 Å². The largest absolute Gasteiger partial charge is 0.375 e. The second-order valence-corrected chi connectivity index (χ2v) is 9.76. The van der Waals surface area contributed by atoms with Gasteiger partial charge in [-0.05, 0) is 43.0 Å². The first-order valence-electron chi connectivity index (χ1n) is 10.8. The van der Waals surface area contributed by atoms with Crippen molar-refractivity contribution in [2.24, 2.45) is 0 Å². The smallest absolute Gasteiger partial charge is 0.241 e. The molecule has 0 bridgehead atoms. The molecule has 0 aromatic heterocycles. The van der Waals surface area contributed by atoms with Gasteiger partial charge in [-0.15, -0.1) is 0 Å². The first-order valence-corrected chi connectivity index (χ1v) is 10.8. The quantitative estimate of drug-likeness (QED) is 0.818. The Balaban J connectivity index is 1.58. The Morgan fingerprint density at radius 2 is 1.87 bits per heavy atom. The van der Waals surface area contributed by atoms with E-state index in [2.05, 4.69) is 68.6 Å². The fourth-order valence-corrected chi connectivity index (χ4v) is 4.66. The second-order valence-electron chi connectivity index (χ2n) is 9.76. The van der Waals surface area contributed by atoms with Crippen molar-refractivity contribution >= 4 is 11.6 Å². The van der Waals surface area contributed by atoms with Gasteiger partial charge in [0, 0.05) is 36.8 Å². The molecule has 5 nitrogen and oxygen atoms in total. The zero-order valence-corrected chi connectivity index (χ0v) is 18.5. The van der Waals surface area contributed by atoms with E-state index in [0.717, 1.165) is 12.1 Å². The molecular formula is C25H33N3O2. The van der Waals surface area contributed by atoms with Crippen LogP contribution in [0.3, 0.4) is 0 Å². The van der Waals surface area contributed by atoms with Gasteiger partial charge in [0.2, 0.25) is 5.91 Å². The highest BCUT2D eigenvalue weighted by Crippen LogP contribution is 2.41. The lowest BCUT2D eigenvalue weighted by atomic mass is 9.86. The summed E-state index contributed by atoms with van der Waals surface area (Å²) in [4.78, 5) is 17.2. The monoisotopic (exact) mass is 407 g/mol. The fraction of sp³-hybridized carbons (Fsp3) is 0.480. The van der Waals surface area contributed by atoms with E-state index in [-0.39, 0.29) is 23.9 Å². The molecule has 160 valence electrons. The number of amides is 1. The van der Waals surface area contributed by atoms with Crippen molar-refractivity contribution in [1.82, 2.24) is 10.2 Å². The normalized spacial score (nSPS) is 25.9. The molecule has 4 rings (SSSR count). The molecule has 2 aromatic rings. The molecule has 2 aliphatic rings. The van der Waals surface area contributed by atoms with Crippen molar-refractivity contribution in [2.75, 3.05) is 31.1 Å². The van der Waals surface area contributed by atoms with Crippen molar-refractivity contribution in [1.29, 1.82) is 0 Å². The number of anilines is 1. The van der Waals surface area contributed by atoms with E-state index in [1.165, 1.54) is 16.7 Å². The van der Waals surface area contributed by atoms with Gasteiger partial charge >= 0.3 is 0 Å². The lowest BCUT2D eigenvalue weighted by molar-refractivity contribution is -0.138. The molecule has 0 radical (unpaired) electrons. The average Bonchev–Trinajstić information content (AvgIpc) is 2.96. The molecule has 5 heteroatoms. The number of fused-ring (bicyclic) bond motifs is 1. The van der Waals surface area contributed by atoms with E-state index in [1.54, 1.807) is 6.92 Å². The predicted octanol–water partition coefficient (Wildman–Crippen LogP) is 2.90. The zero-order valence-electron chi connectivity index (χ0n) is 18.5. The van der Waals surface area contributed by atoms with Crippen LogP contribution in [0.5, 0.6) is 0 Å². The minimum atomic E-state index is -1.02. The summed E-state index contributed by atoms with van der Waals surface area (Å²) in [5, 5.41) is 14.0. The number of hydrogen-bond donors (Lipinski definition) is 2. The van der Waals surface area contributed by atoms with E-state index in [0.29, 0.717) is 19.6 Å². The molecule has 1 fully saturated rings. The van der Waals surface area contributed by atoms with Gasteiger partial charge in [-0.2, -0.15) is 0 Å². The molecule has 2 aromatic carbocycles. The Morgan fingerprint density at radius 3 is 2.60 bits per heavy atom. The van der Waals surface area contributed by atoms with E-state index in [4.69, 9.17) is 0 Å². The molecule has 0 spiro atoms. The SMILES string of the molecule is C[C@@H]1CN(CC(=O)N2CC(C)(C)c3ccc(Cc4ccccc4)cc32)[C@](C)(O)CN1. The zero-order chi connectivity index (χ0) is 21.5. The number of nitrogens with zero attached hydrogens (tertiary/aromatic N) is 2. The fourth-order valence-electron chi connectivity index (χ4n) is 4.66. The van der Waals surface area contributed by atoms with Crippen LogP contribution in [-0.2, 0) is 16.6 Å². The first kappa shape index (κ1) is 21.0. The molecule has 1 saturated heterocycles. The minimum absolute atomic E-state index is 0.0491. The standard InChI is InChI=1S/C25H33N3O2/c1-18-14-27(25(4,30)16-26-18)15-23(29)28-17-24(2,3)21-11-10-20(13-22(21)28)12-19-8-6-5-7-9-19/h5-11,13,18,26,30H,12,14-17H2,1-4H3/t18-,25-/m1/s1. The van der Waals surface area contributed by atoms with Crippen molar-refractivity contribution in [3.05, 3.63) is 65.2 Å². The van der Waals surface area contributed by atoms with E-state index in [9.17, 15) is 9.90 Å². The molecule has 0 aliphatic carbocycles. The van der Waals surface area contributed by atoms with Gasteiger partial charge in [0.1, 0.15) is 5.72 Å². The molecule has 0 saturated carbocycles. The maximum Gasteiger partial charge on any atom is 0.241 e. The Morgan fingerprint density at radius 1 is 1.13 bits per heavy atom. The van der Waals surface area contributed by atoms with Crippen LogP contribution >= 0.6 is 0 Å². The summed E-state index contributed by atoms with van der Waals surface area (Å²) < 4.78 is 0. The van der Waals surface area contributed by atoms with E-state index in [1.807, 2.05) is 15.9 Å². The van der Waals surface area contributed by atoms with Crippen LogP contribution in [0.25, 0.3) is 0 Å². The summed E-state index contributed by atoms with van der Waals surface area (Å²) >= 11 is 0. The topological polar surface area (TPSA) is 55.8 Å². The predicted molar refractivity (Wildman–Crippen MR) is 121 cm³/mol. The summed E-state index contributed by atoms with van der Waals surface area (Å²) in [7, 11) is 0. The van der Waals surface area contributed by atoms with Gasteiger partial charge < -0.3 is 15.3 Å².